The molecule has 24 heavy (non-hydrogen) atoms. The summed E-state index contributed by atoms with van der Waals surface area (Å²) in [6, 6.07) is 9.54. The molecule has 1 aromatic carbocycles. The van der Waals surface area contributed by atoms with Crippen LogP contribution in [0.4, 0.5) is 10.1 Å². The molecule has 7 heteroatoms. The number of hydrogen-bond acceptors (Lipinski definition) is 3. The monoisotopic (exact) mass is 367 g/mol. The molecule has 1 N–H and O–H groups in total. The Morgan fingerprint density at radius 2 is 2.00 bits per heavy atom. The number of nitrogens with one attached hydrogen (secondary N) is 1. The fourth-order valence-corrected chi connectivity index (χ4v) is 3.12. The van der Waals surface area contributed by atoms with Crippen LogP contribution in [-0.2, 0) is 0 Å². The zero-order chi connectivity index (χ0) is 17.1. The van der Waals surface area contributed by atoms with E-state index in [0.29, 0.717) is 12.5 Å². The lowest BCUT2D eigenvalue weighted by molar-refractivity contribution is 0.0943. The van der Waals surface area contributed by atoms with Gasteiger partial charge in [-0.3, -0.25) is 4.79 Å². The van der Waals surface area contributed by atoms with Gasteiger partial charge in [-0.1, -0.05) is 23.2 Å². The summed E-state index contributed by atoms with van der Waals surface area (Å²) in [5.74, 6) is -0.257. The molecule has 1 saturated heterocycles. The molecule has 0 spiro atoms. The summed E-state index contributed by atoms with van der Waals surface area (Å²) in [5, 5.41) is 3.36. The number of aromatic nitrogens is 1. The highest BCUT2D eigenvalue weighted by Crippen LogP contribution is 2.24. The maximum Gasteiger partial charge on any atom is 0.271 e. The van der Waals surface area contributed by atoms with Gasteiger partial charge >= 0.3 is 0 Å². The van der Waals surface area contributed by atoms with Crippen molar-refractivity contribution in [2.24, 2.45) is 5.92 Å². The Bertz CT molecular complexity index is 739. The van der Waals surface area contributed by atoms with Gasteiger partial charge in [-0.05, 0) is 48.7 Å². The Kier molecular flexibility index (Phi) is 5.21. The molecule has 0 bridgehead atoms. The zero-order valence-electron chi connectivity index (χ0n) is 12.8. The van der Waals surface area contributed by atoms with Crippen LogP contribution < -0.4 is 10.2 Å². The number of carbonyl (C=O) groups is 1. The minimum Gasteiger partial charge on any atom is -0.371 e. The SMILES string of the molecule is O=C(NCC1CCN(c2ccc(F)cc2)C1)c1nc(Cl)ccc1Cl. The molecule has 3 rings (SSSR count). The summed E-state index contributed by atoms with van der Waals surface area (Å²) >= 11 is 11.8. The van der Waals surface area contributed by atoms with Crippen LogP contribution in [0, 0.1) is 11.7 Å². The number of benzene rings is 1. The fraction of sp³-hybridized carbons (Fsp3) is 0.294. The zero-order valence-corrected chi connectivity index (χ0v) is 14.3. The van der Waals surface area contributed by atoms with Crippen molar-refractivity contribution in [3.63, 3.8) is 0 Å². The molecular weight excluding hydrogens is 352 g/mol. The van der Waals surface area contributed by atoms with Crippen molar-refractivity contribution in [1.82, 2.24) is 10.3 Å². The molecule has 1 aliphatic rings. The Morgan fingerprint density at radius 3 is 2.75 bits per heavy atom. The maximum atomic E-state index is 13.0. The first kappa shape index (κ1) is 17.0. The Morgan fingerprint density at radius 1 is 1.25 bits per heavy atom. The molecule has 4 nitrogen and oxygen atoms in total. The second kappa shape index (κ2) is 7.36. The highest BCUT2D eigenvalue weighted by molar-refractivity contribution is 6.34. The molecular formula is C17H16Cl2FN3O. The van der Waals surface area contributed by atoms with Crippen LogP contribution in [0.3, 0.4) is 0 Å². The third-order valence-electron chi connectivity index (χ3n) is 4.06. The van der Waals surface area contributed by atoms with Crippen LogP contribution in [0.25, 0.3) is 0 Å². The minimum atomic E-state index is -0.331. The van der Waals surface area contributed by atoms with Gasteiger partial charge in [0.2, 0.25) is 0 Å². The highest BCUT2D eigenvalue weighted by Gasteiger charge is 2.24. The van der Waals surface area contributed by atoms with E-state index in [1.54, 1.807) is 18.2 Å². The van der Waals surface area contributed by atoms with Gasteiger partial charge in [-0.15, -0.1) is 0 Å². The maximum absolute atomic E-state index is 13.0. The van der Waals surface area contributed by atoms with E-state index in [-0.39, 0.29) is 27.6 Å². The lowest BCUT2D eigenvalue weighted by Crippen LogP contribution is -2.31. The van der Waals surface area contributed by atoms with Crippen molar-refractivity contribution in [3.05, 3.63) is 58.1 Å². The summed E-state index contributed by atoms with van der Waals surface area (Å²) < 4.78 is 13.0. The molecule has 126 valence electrons. The summed E-state index contributed by atoms with van der Waals surface area (Å²) in [6.07, 6.45) is 0.953. The van der Waals surface area contributed by atoms with Gasteiger partial charge in [0.1, 0.15) is 16.7 Å². The van der Waals surface area contributed by atoms with Crippen LogP contribution in [-0.4, -0.2) is 30.5 Å². The fourth-order valence-electron chi connectivity index (χ4n) is 2.78. The van der Waals surface area contributed by atoms with Crippen LogP contribution >= 0.6 is 23.2 Å². The van der Waals surface area contributed by atoms with Gasteiger partial charge in [0, 0.05) is 25.3 Å². The number of carbonyl (C=O) groups excluding carboxylic acids is 1. The number of amides is 1. The largest absolute Gasteiger partial charge is 0.371 e. The molecule has 1 atom stereocenters. The first-order valence-electron chi connectivity index (χ1n) is 7.63. The highest BCUT2D eigenvalue weighted by atomic mass is 35.5. The first-order chi connectivity index (χ1) is 11.5. The number of pyridine rings is 1. The summed E-state index contributed by atoms with van der Waals surface area (Å²) in [5.41, 5.74) is 1.13. The van der Waals surface area contributed by atoms with Crippen LogP contribution in [0.5, 0.6) is 0 Å². The van der Waals surface area contributed by atoms with E-state index in [2.05, 4.69) is 15.2 Å². The van der Waals surface area contributed by atoms with Gasteiger partial charge in [-0.25, -0.2) is 9.37 Å². The number of halogens is 3. The van der Waals surface area contributed by atoms with Crippen molar-refractivity contribution >= 4 is 34.8 Å². The van der Waals surface area contributed by atoms with Crippen molar-refractivity contribution in [3.8, 4) is 0 Å². The van der Waals surface area contributed by atoms with Crippen molar-refractivity contribution in [1.29, 1.82) is 0 Å². The average Bonchev–Trinajstić information content (AvgIpc) is 3.04. The lowest BCUT2D eigenvalue weighted by Gasteiger charge is -2.18. The topological polar surface area (TPSA) is 45.2 Å². The average molecular weight is 368 g/mol. The molecule has 1 aromatic heterocycles. The quantitative estimate of drug-likeness (QED) is 0.836. The van der Waals surface area contributed by atoms with Crippen molar-refractivity contribution in [2.45, 2.75) is 6.42 Å². The predicted molar refractivity (Wildman–Crippen MR) is 93.3 cm³/mol. The number of anilines is 1. The number of nitrogens with zero attached hydrogens (tertiary/aromatic N) is 2. The second-order valence-electron chi connectivity index (χ2n) is 5.75. The summed E-state index contributed by atoms with van der Waals surface area (Å²) in [6.45, 7) is 2.21. The summed E-state index contributed by atoms with van der Waals surface area (Å²) in [7, 11) is 0. The van der Waals surface area contributed by atoms with Gasteiger partial charge < -0.3 is 10.2 Å². The van der Waals surface area contributed by atoms with Gasteiger partial charge in [0.25, 0.3) is 5.91 Å². The number of hydrogen-bond donors (Lipinski definition) is 1. The third kappa shape index (κ3) is 3.97. The van der Waals surface area contributed by atoms with Gasteiger partial charge in [-0.2, -0.15) is 0 Å². The molecule has 2 heterocycles. The molecule has 1 fully saturated rings. The smallest absolute Gasteiger partial charge is 0.271 e. The van der Waals surface area contributed by atoms with E-state index in [9.17, 15) is 9.18 Å². The Labute approximate surface area is 149 Å². The van der Waals surface area contributed by atoms with E-state index >= 15 is 0 Å². The predicted octanol–water partition coefficient (Wildman–Crippen LogP) is 3.78. The van der Waals surface area contributed by atoms with E-state index in [4.69, 9.17) is 23.2 Å². The molecule has 1 amide bonds. The minimum absolute atomic E-state index is 0.137. The van der Waals surface area contributed by atoms with E-state index in [1.807, 2.05) is 0 Å². The third-order valence-corrected chi connectivity index (χ3v) is 4.57. The van der Waals surface area contributed by atoms with Crippen molar-refractivity contribution < 1.29 is 9.18 Å². The summed E-state index contributed by atoms with van der Waals surface area (Å²) in [4.78, 5) is 18.3. The number of rotatable bonds is 4. The van der Waals surface area contributed by atoms with Gasteiger partial charge in [0.15, 0.2) is 0 Å². The molecule has 0 radical (unpaired) electrons. The van der Waals surface area contributed by atoms with Gasteiger partial charge in [0.05, 0.1) is 5.02 Å². The Balaban J connectivity index is 1.55. The normalized spacial score (nSPS) is 17.1. The molecule has 0 saturated carbocycles. The standard InChI is InChI=1S/C17H16Cl2FN3O/c18-14-5-6-15(19)22-16(14)17(24)21-9-11-7-8-23(10-11)13-3-1-12(20)2-4-13/h1-6,11H,7-10H2,(H,21,24). The molecule has 1 aliphatic heterocycles. The van der Waals surface area contributed by atoms with E-state index in [0.717, 1.165) is 25.2 Å². The van der Waals surface area contributed by atoms with E-state index < -0.39 is 0 Å². The second-order valence-corrected chi connectivity index (χ2v) is 6.55. The molecule has 1 unspecified atom stereocenters. The van der Waals surface area contributed by atoms with Crippen LogP contribution in [0.1, 0.15) is 16.9 Å². The lowest BCUT2D eigenvalue weighted by atomic mass is 10.1. The molecule has 2 aromatic rings. The van der Waals surface area contributed by atoms with Crippen LogP contribution in [0.2, 0.25) is 10.2 Å². The van der Waals surface area contributed by atoms with E-state index in [1.165, 1.54) is 18.2 Å². The Hall–Kier alpha value is -1.85. The van der Waals surface area contributed by atoms with Crippen LogP contribution in [0.15, 0.2) is 36.4 Å². The molecule has 0 aliphatic carbocycles. The van der Waals surface area contributed by atoms with Crippen molar-refractivity contribution in [2.75, 3.05) is 24.5 Å². The first-order valence-corrected chi connectivity index (χ1v) is 8.39.